The molecule has 0 saturated heterocycles. The fourth-order valence-electron chi connectivity index (χ4n) is 2.31. The molecule has 3 heteroatoms. The average molecular weight is 242 g/mol. The van der Waals surface area contributed by atoms with E-state index in [1.165, 1.54) is 28.1 Å². The van der Waals surface area contributed by atoms with E-state index >= 15 is 0 Å². The first-order chi connectivity index (χ1) is 8.63. The fourth-order valence-corrected chi connectivity index (χ4v) is 2.31. The van der Waals surface area contributed by atoms with Crippen LogP contribution in [0.4, 0.5) is 0 Å². The van der Waals surface area contributed by atoms with E-state index in [-0.39, 0.29) is 5.91 Å². The van der Waals surface area contributed by atoms with Gasteiger partial charge in [0, 0.05) is 30.7 Å². The molecule has 0 unspecified atom stereocenters. The molecule has 0 bridgehead atoms. The summed E-state index contributed by atoms with van der Waals surface area (Å²) in [4.78, 5) is 11.1. The molecule has 0 aliphatic heterocycles. The van der Waals surface area contributed by atoms with Crippen molar-refractivity contribution in [2.24, 2.45) is 7.05 Å². The van der Waals surface area contributed by atoms with Crippen LogP contribution in [0.3, 0.4) is 0 Å². The normalized spacial score (nSPS) is 10.6. The van der Waals surface area contributed by atoms with Gasteiger partial charge in [-0.15, -0.1) is 0 Å². The Morgan fingerprint density at radius 2 is 2.28 bits per heavy atom. The Bertz CT molecular complexity index is 596. The third kappa shape index (κ3) is 2.30. The predicted octanol–water partition coefficient (Wildman–Crippen LogP) is 2.33. The third-order valence-corrected chi connectivity index (χ3v) is 3.18. The molecule has 0 atom stereocenters. The monoisotopic (exact) mass is 242 g/mol. The van der Waals surface area contributed by atoms with Gasteiger partial charge in [0.2, 0.25) is 5.91 Å². The van der Waals surface area contributed by atoms with Crippen LogP contribution in [0.15, 0.2) is 37.1 Å². The number of hydrogen-bond donors (Lipinski definition) is 1. The second kappa shape index (κ2) is 5.08. The highest BCUT2D eigenvalue weighted by molar-refractivity contribution is 5.88. The number of aryl methyl sites for hydroxylation is 2. The summed E-state index contributed by atoms with van der Waals surface area (Å²) < 4.78 is 2.13. The number of hydrogen-bond acceptors (Lipinski definition) is 1. The van der Waals surface area contributed by atoms with Gasteiger partial charge in [0.05, 0.1) is 0 Å². The van der Waals surface area contributed by atoms with Gasteiger partial charge in [0.25, 0.3) is 0 Å². The van der Waals surface area contributed by atoms with Crippen LogP contribution < -0.4 is 5.32 Å². The van der Waals surface area contributed by atoms with Crippen LogP contribution in [0.25, 0.3) is 10.9 Å². The van der Waals surface area contributed by atoms with Gasteiger partial charge in [-0.05, 0) is 36.6 Å². The topological polar surface area (TPSA) is 34.0 Å². The highest BCUT2D eigenvalue weighted by Gasteiger charge is 2.08. The number of benzene rings is 1. The zero-order chi connectivity index (χ0) is 13.1. The van der Waals surface area contributed by atoms with Gasteiger partial charge in [-0.3, -0.25) is 4.79 Å². The summed E-state index contributed by atoms with van der Waals surface area (Å²) in [6, 6.07) is 6.31. The molecule has 1 N–H and O–H groups in total. The number of rotatable bonds is 4. The Hall–Kier alpha value is -2.03. The molecule has 3 nitrogen and oxygen atoms in total. The molecule has 1 heterocycles. The summed E-state index contributed by atoms with van der Waals surface area (Å²) >= 11 is 0. The van der Waals surface area contributed by atoms with E-state index in [2.05, 4.69) is 47.8 Å². The Labute approximate surface area is 107 Å². The van der Waals surface area contributed by atoms with E-state index < -0.39 is 0 Å². The van der Waals surface area contributed by atoms with Gasteiger partial charge < -0.3 is 9.88 Å². The van der Waals surface area contributed by atoms with E-state index in [1.54, 1.807) is 0 Å². The van der Waals surface area contributed by atoms with Crippen LogP contribution in [0, 0.1) is 6.92 Å². The maximum absolute atomic E-state index is 11.1. The molecule has 1 aromatic carbocycles. The van der Waals surface area contributed by atoms with Crippen LogP contribution >= 0.6 is 0 Å². The number of nitrogens with one attached hydrogen (secondary N) is 1. The molecule has 0 fully saturated rings. The highest BCUT2D eigenvalue weighted by Crippen LogP contribution is 2.24. The summed E-state index contributed by atoms with van der Waals surface area (Å²) in [6.45, 7) is 6.19. The number of fused-ring (bicyclic) bond motifs is 1. The molecular weight excluding hydrogens is 224 g/mol. The standard InChI is InChI=1S/C15H18N2O/c1-4-14(18)16-9-8-12-10-17(3)13-7-5-6-11(2)15(12)13/h4-7,10H,1,8-9H2,2-3H3,(H,16,18). The van der Waals surface area contributed by atoms with Gasteiger partial charge in [-0.1, -0.05) is 18.7 Å². The second-order valence-electron chi connectivity index (χ2n) is 4.48. The molecule has 2 rings (SSSR count). The first-order valence-corrected chi connectivity index (χ1v) is 6.07. The van der Waals surface area contributed by atoms with Crippen molar-refractivity contribution in [2.75, 3.05) is 6.54 Å². The van der Waals surface area contributed by atoms with E-state index in [1.807, 2.05) is 7.05 Å². The minimum absolute atomic E-state index is 0.119. The summed E-state index contributed by atoms with van der Waals surface area (Å²) in [5.41, 5.74) is 3.79. The van der Waals surface area contributed by atoms with Crippen molar-refractivity contribution in [3.8, 4) is 0 Å². The Balaban J connectivity index is 2.23. The molecule has 0 spiro atoms. The van der Waals surface area contributed by atoms with E-state index in [4.69, 9.17) is 0 Å². The molecule has 2 aromatic rings. The molecule has 1 aromatic heterocycles. The zero-order valence-corrected chi connectivity index (χ0v) is 10.9. The van der Waals surface area contributed by atoms with E-state index in [9.17, 15) is 4.79 Å². The molecule has 1 amide bonds. The summed E-state index contributed by atoms with van der Waals surface area (Å²) in [6.07, 6.45) is 4.27. The SMILES string of the molecule is C=CC(=O)NCCc1cn(C)c2cccc(C)c12. The predicted molar refractivity (Wildman–Crippen MR) is 74.6 cm³/mol. The van der Waals surface area contributed by atoms with Crippen molar-refractivity contribution >= 4 is 16.8 Å². The van der Waals surface area contributed by atoms with Crippen LogP contribution in [0.5, 0.6) is 0 Å². The van der Waals surface area contributed by atoms with Crippen molar-refractivity contribution in [1.29, 1.82) is 0 Å². The molecule has 0 radical (unpaired) electrons. The molecule has 94 valence electrons. The van der Waals surface area contributed by atoms with E-state index in [0.29, 0.717) is 6.54 Å². The molecule has 0 saturated carbocycles. The lowest BCUT2D eigenvalue weighted by molar-refractivity contribution is -0.116. The van der Waals surface area contributed by atoms with E-state index in [0.717, 1.165) is 6.42 Å². The van der Waals surface area contributed by atoms with Gasteiger partial charge in [-0.25, -0.2) is 0 Å². The first kappa shape index (κ1) is 12.4. The smallest absolute Gasteiger partial charge is 0.243 e. The number of carbonyl (C=O) groups is 1. The Morgan fingerprint density at radius 1 is 1.50 bits per heavy atom. The lowest BCUT2D eigenvalue weighted by Gasteiger charge is -2.03. The van der Waals surface area contributed by atoms with Crippen molar-refractivity contribution in [3.05, 3.63) is 48.2 Å². The number of amides is 1. The second-order valence-corrected chi connectivity index (χ2v) is 4.48. The minimum Gasteiger partial charge on any atom is -0.352 e. The third-order valence-electron chi connectivity index (χ3n) is 3.18. The maximum Gasteiger partial charge on any atom is 0.243 e. The van der Waals surface area contributed by atoms with Gasteiger partial charge in [-0.2, -0.15) is 0 Å². The quantitative estimate of drug-likeness (QED) is 0.820. The zero-order valence-electron chi connectivity index (χ0n) is 10.9. The maximum atomic E-state index is 11.1. The Kier molecular flexibility index (Phi) is 3.51. The highest BCUT2D eigenvalue weighted by atomic mass is 16.1. The van der Waals surface area contributed by atoms with Crippen LogP contribution in [0.1, 0.15) is 11.1 Å². The summed E-state index contributed by atoms with van der Waals surface area (Å²) in [7, 11) is 2.05. The minimum atomic E-state index is -0.119. The number of nitrogens with zero attached hydrogens (tertiary/aromatic N) is 1. The summed E-state index contributed by atoms with van der Waals surface area (Å²) in [5.74, 6) is -0.119. The van der Waals surface area contributed by atoms with Gasteiger partial charge in [0.1, 0.15) is 0 Å². The van der Waals surface area contributed by atoms with Crippen molar-refractivity contribution in [1.82, 2.24) is 9.88 Å². The van der Waals surface area contributed by atoms with Gasteiger partial charge in [0.15, 0.2) is 0 Å². The number of carbonyl (C=O) groups excluding carboxylic acids is 1. The van der Waals surface area contributed by atoms with Crippen LogP contribution in [0.2, 0.25) is 0 Å². The van der Waals surface area contributed by atoms with Crippen LogP contribution in [-0.2, 0) is 18.3 Å². The van der Waals surface area contributed by atoms with Crippen molar-refractivity contribution < 1.29 is 4.79 Å². The molecule has 18 heavy (non-hydrogen) atoms. The molecular formula is C15H18N2O. The van der Waals surface area contributed by atoms with Crippen molar-refractivity contribution in [2.45, 2.75) is 13.3 Å². The number of aromatic nitrogens is 1. The fraction of sp³-hybridized carbons (Fsp3) is 0.267. The van der Waals surface area contributed by atoms with Crippen molar-refractivity contribution in [3.63, 3.8) is 0 Å². The average Bonchev–Trinajstić information content (AvgIpc) is 2.68. The lowest BCUT2D eigenvalue weighted by Crippen LogP contribution is -2.23. The first-order valence-electron chi connectivity index (χ1n) is 6.07. The molecule has 0 aliphatic carbocycles. The lowest BCUT2D eigenvalue weighted by atomic mass is 10.1. The summed E-state index contributed by atoms with van der Waals surface area (Å²) in [5, 5.41) is 4.11. The van der Waals surface area contributed by atoms with Gasteiger partial charge >= 0.3 is 0 Å². The Morgan fingerprint density at radius 3 is 3.00 bits per heavy atom. The molecule has 0 aliphatic rings. The van der Waals surface area contributed by atoms with Crippen LogP contribution in [-0.4, -0.2) is 17.0 Å². The largest absolute Gasteiger partial charge is 0.352 e.